The van der Waals surface area contributed by atoms with Gasteiger partial charge >= 0.3 is 0 Å². The van der Waals surface area contributed by atoms with E-state index < -0.39 is 0 Å². The van der Waals surface area contributed by atoms with Crippen molar-refractivity contribution in [1.82, 2.24) is 0 Å². The predicted molar refractivity (Wildman–Crippen MR) is 80.6 cm³/mol. The quantitative estimate of drug-likeness (QED) is 0.505. The van der Waals surface area contributed by atoms with Gasteiger partial charge in [-0.15, -0.1) is 0 Å². The van der Waals surface area contributed by atoms with Crippen LogP contribution in [0.15, 0.2) is 0 Å². The van der Waals surface area contributed by atoms with Crippen molar-refractivity contribution in [3.63, 3.8) is 0 Å². The molecule has 0 heterocycles. The van der Waals surface area contributed by atoms with E-state index >= 15 is 0 Å². The van der Waals surface area contributed by atoms with Gasteiger partial charge in [0.2, 0.25) is 0 Å². The van der Waals surface area contributed by atoms with Gasteiger partial charge in [0, 0.05) is 25.7 Å². The highest BCUT2D eigenvalue weighted by Gasteiger charge is 2.31. The highest BCUT2D eigenvalue weighted by atomic mass is 16.5. The Morgan fingerprint density at radius 2 is 1.74 bits per heavy atom. The Labute approximate surface area is 120 Å². The Kier molecular flexibility index (Phi) is 10.6. The molecule has 0 spiro atoms. The molecule has 0 N–H and O–H groups in total. The van der Waals surface area contributed by atoms with Gasteiger partial charge in [-0.2, -0.15) is 0 Å². The topological polar surface area (TPSA) is 27.7 Å². The molecule has 19 heavy (non-hydrogen) atoms. The van der Waals surface area contributed by atoms with Crippen LogP contribution in [0.3, 0.4) is 0 Å². The average Bonchev–Trinajstić information content (AvgIpc) is 2.36. The molecule has 0 aliphatic carbocycles. The first-order chi connectivity index (χ1) is 8.96. The smallest absolute Gasteiger partial charge is 0.0547 e. The summed E-state index contributed by atoms with van der Waals surface area (Å²) in [5, 5.41) is 0. The standard InChI is InChI=1S/C16H34O3/c1-7-8-10-18-11-9-15(4)16(5,12-17-6)13-19-14(2)3/h14-15H,7-13H2,1-6H3. The van der Waals surface area contributed by atoms with Crippen molar-refractivity contribution in [2.45, 2.75) is 60.0 Å². The second-order valence-electron chi connectivity index (χ2n) is 6.10. The van der Waals surface area contributed by atoms with Crippen molar-refractivity contribution in [1.29, 1.82) is 0 Å². The van der Waals surface area contributed by atoms with E-state index in [0.717, 1.165) is 39.3 Å². The van der Waals surface area contributed by atoms with Gasteiger partial charge in [-0.1, -0.05) is 27.2 Å². The second-order valence-corrected chi connectivity index (χ2v) is 6.10. The normalized spacial score (nSPS) is 16.6. The first kappa shape index (κ1) is 18.9. The van der Waals surface area contributed by atoms with E-state index in [2.05, 4.69) is 34.6 Å². The van der Waals surface area contributed by atoms with E-state index in [0.29, 0.717) is 5.92 Å². The minimum absolute atomic E-state index is 0.0626. The maximum absolute atomic E-state index is 5.80. The Bertz CT molecular complexity index is 206. The van der Waals surface area contributed by atoms with Crippen molar-refractivity contribution in [3.8, 4) is 0 Å². The maximum Gasteiger partial charge on any atom is 0.0547 e. The van der Waals surface area contributed by atoms with Crippen molar-refractivity contribution in [3.05, 3.63) is 0 Å². The third kappa shape index (κ3) is 8.61. The van der Waals surface area contributed by atoms with Crippen molar-refractivity contribution >= 4 is 0 Å². The van der Waals surface area contributed by atoms with Crippen LogP contribution >= 0.6 is 0 Å². The molecule has 0 fully saturated rings. The van der Waals surface area contributed by atoms with Crippen LogP contribution in [0.4, 0.5) is 0 Å². The Morgan fingerprint density at radius 1 is 1.05 bits per heavy atom. The van der Waals surface area contributed by atoms with E-state index in [1.54, 1.807) is 7.11 Å². The van der Waals surface area contributed by atoms with Crippen LogP contribution < -0.4 is 0 Å². The second kappa shape index (κ2) is 10.6. The van der Waals surface area contributed by atoms with Crippen LogP contribution in [0.5, 0.6) is 0 Å². The van der Waals surface area contributed by atoms with Crippen LogP contribution in [0, 0.1) is 11.3 Å². The first-order valence-electron chi connectivity index (χ1n) is 7.64. The van der Waals surface area contributed by atoms with Crippen LogP contribution in [0.1, 0.15) is 53.9 Å². The highest BCUT2D eigenvalue weighted by molar-refractivity contribution is 4.80. The zero-order chi connectivity index (χ0) is 14.7. The molecule has 0 saturated heterocycles. The van der Waals surface area contributed by atoms with Gasteiger partial charge in [0.25, 0.3) is 0 Å². The maximum atomic E-state index is 5.80. The lowest BCUT2D eigenvalue weighted by Gasteiger charge is -2.35. The molecule has 0 rings (SSSR count). The highest BCUT2D eigenvalue weighted by Crippen LogP contribution is 2.31. The summed E-state index contributed by atoms with van der Waals surface area (Å²) in [6.45, 7) is 14.0. The van der Waals surface area contributed by atoms with Gasteiger partial charge in [-0.05, 0) is 32.6 Å². The van der Waals surface area contributed by atoms with Crippen molar-refractivity contribution < 1.29 is 14.2 Å². The molecule has 0 aliphatic rings. The zero-order valence-electron chi connectivity index (χ0n) is 13.8. The molecular formula is C16H34O3. The lowest BCUT2D eigenvalue weighted by Crippen LogP contribution is -2.37. The van der Waals surface area contributed by atoms with E-state index in [1.807, 2.05) is 0 Å². The lowest BCUT2D eigenvalue weighted by molar-refractivity contribution is -0.0539. The third-order valence-electron chi connectivity index (χ3n) is 3.75. The molecule has 0 aromatic rings. The minimum Gasteiger partial charge on any atom is -0.384 e. The van der Waals surface area contributed by atoms with Crippen LogP contribution in [-0.2, 0) is 14.2 Å². The number of ether oxygens (including phenoxy) is 3. The van der Waals surface area contributed by atoms with Crippen molar-refractivity contribution in [2.24, 2.45) is 11.3 Å². The molecule has 0 bridgehead atoms. The summed E-state index contributed by atoms with van der Waals surface area (Å²) in [5.74, 6) is 0.521. The minimum atomic E-state index is 0.0626. The fraction of sp³-hybridized carbons (Fsp3) is 1.00. The number of hydrogen-bond acceptors (Lipinski definition) is 3. The summed E-state index contributed by atoms with van der Waals surface area (Å²) in [6.07, 6.45) is 3.67. The molecule has 3 nitrogen and oxygen atoms in total. The molecule has 0 aromatic carbocycles. The largest absolute Gasteiger partial charge is 0.384 e. The number of unbranched alkanes of at least 4 members (excludes halogenated alkanes) is 1. The predicted octanol–water partition coefficient (Wildman–Crippen LogP) is 3.91. The van der Waals surface area contributed by atoms with Gasteiger partial charge < -0.3 is 14.2 Å². The molecule has 0 aliphatic heterocycles. The number of methoxy groups -OCH3 is 1. The Balaban J connectivity index is 4.11. The van der Waals surface area contributed by atoms with E-state index in [1.165, 1.54) is 6.42 Å². The number of hydrogen-bond donors (Lipinski definition) is 0. The molecule has 0 amide bonds. The third-order valence-corrected chi connectivity index (χ3v) is 3.75. The monoisotopic (exact) mass is 274 g/mol. The molecule has 2 atom stereocenters. The van der Waals surface area contributed by atoms with Crippen molar-refractivity contribution in [2.75, 3.05) is 33.5 Å². The molecule has 116 valence electrons. The molecule has 0 saturated carbocycles. The Hall–Kier alpha value is -0.120. The van der Waals surface area contributed by atoms with E-state index in [-0.39, 0.29) is 11.5 Å². The molecule has 0 radical (unpaired) electrons. The van der Waals surface area contributed by atoms with Gasteiger partial charge in [-0.3, -0.25) is 0 Å². The Morgan fingerprint density at radius 3 is 2.26 bits per heavy atom. The summed E-state index contributed by atoms with van der Waals surface area (Å²) in [6, 6.07) is 0. The van der Waals surface area contributed by atoms with Gasteiger partial charge in [0.1, 0.15) is 0 Å². The lowest BCUT2D eigenvalue weighted by atomic mass is 9.77. The van der Waals surface area contributed by atoms with Gasteiger partial charge in [0.15, 0.2) is 0 Å². The first-order valence-corrected chi connectivity index (χ1v) is 7.64. The van der Waals surface area contributed by atoms with Crippen LogP contribution in [0.25, 0.3) is 0 Å². The number of rotatable bonds is 12. The molecular weight excluding hydrogens is 240 g/mol. The summed E-state index contributed by atoms with van der Waals surface area (Å²) < 4.78 is 16.9. The SMILES string of the molecule is CCCCOCCC(C)C(C)(COC)COC(C)C. The van der Waals surface area contributed by atoms with Crippen LogP contribution in [0.2, 0.25) is 0 Å². The summed E-state index contributed by atoms with van der Waals surface area (Å²) >= 11 is 0. The summed E-state index contributed by atoms with van der Waals surface area (Å²) in [4.78, 5) is 0. The van der Waals surface area contributed by atoms with Gasteiger partial charge in [-0.25, -0.2) is 0 Å². The fourth-order valence-electron chi connectivity index (χ4n) is 1.97. The molecule has 0 aromatic heterocycles. The van der Waals surface area contributed by atoms with Crippen LogP contribution in [-0.4, -0.2) is 39.6 Å². The average molecular weight is 274 g/mol. The summed E-state index contributed by atoms with van der Waals surface area (Å²) in [5.41, 5.74) is 0.0626. The van der Waals surface area contributed by atoms with E-state index in [4.69, 9.17) is 14.2 Å². The summed E-state index contributed by atoms with van der Waals surface area (Å²) in [7, 11) is 1.76. The van der Waals surface area contributed by atoms with E-state index in [9.17, 15) is 0 Å². The zero-order valence-corrected chi connectivity index (χ0v) is 13.8. The molecule has 3 heteroatoms. The van der Waals surface area contributed by atoms with Gasteiger partial charge in [0.05, 0.1) is 19.3 Å². The molecule has 2 unspecified atom stereocenters. The fourth-order valence-corrected chi connectivity index (χ4v) is 1.97.